The predicted molar refractivity (Wildman–Crippen MR) is 142 cm³/mol. The molecule has 6 nitrogen and oxygen atoms in total. The first kappa shape index (κ1) is 24.3. The molecule has 3 aromatic carbocycles. The van der Waals surface area contributed by atoms with E-state index in [4.69, 9.17) is 18.6 Å². The van der Waals surface area contributed by atoms with Crippen LogP contribution in [0.5, 0.6) is 17.2 Å². The van der Waals surface area contributed by atoms with E-state index in [1.807, 2.05) is 67.8 Å². The molecule has 1 amide bonds. The number of carbonyl (C=O) groups excluding carboxylic acids is 1. The maximum atomic E-state index is 12.7. The molecule has 0 saturated carbocycles. The highest BCUT2D eigenvalue weighted by atomic mass is 32.2. The van der Waals surface area contributed by atoms with Crippen LogP contribution in [0.25, 0.3) is 27.7 Å². The molecule has 4 rings (SSSR count). The molecule has 0 saturated heterocycles. The normalized spacial score (nSPS) is 11.4. The molecule has 0 bridgehead atoms. The molecule has 0 fully saturated rings. The number of methoxy groups -OCH3 is 3. The number of nitrogens with one attached hydrogen (secondary N) is 1. The van der Waals surface area contributed by atoms with Gasteiger partial charge >= 0.3 is 0 Å². The molecular formula is C28H27NO5S. The summed E-state index contributed by atoms with van der Waals surface area (Å²) in [7, 11) is 4.81. The molecule has 0 aliphatic heterocycles. The quantitative estimate of drug-likeness (QED) is 0.215. The fourth-order valence-corrected chi connectivity index (χ4v) is 4.37. The highest BCUT2D eigenvalue weighted by Gasteiger charge is 2.16. The second kappa shape index (κ2) is 10.6. The van der Waals surface area contributed by atoms with E-state index in [-0.39, 0.29) is 5.91 Å². The number of rotatable bonds is 8. The number of carbonyl (C=O) groups is 1. The fourth-order valence-electron chi connectivity index (χ4n) is 3.91. The van der Waals surface area contributed by atoms with Crippen molar-refractivity contribution in [3.63, 3.8) is 0 Å². The van der Waals surface area contributed by atoms with Crippen molar-refractivity contribution in [2.24, 2.45) is 0 Å². The standard InChI is InChI=1S/C28H27NO5S/c1-17(11-28(30)29-19-7-6-8-20(13-19)35-5)21-14-22-23(16-34-26(22)15-25(21)32-3)18-9-10-24(31-2)27(12-18)33-4/h6-16H,1-5H3,(H,29,30)/b17-11+. The molecule has 35 heavy (non-hydrogen) atoms. The van der Waals surface area contributed by atoms with Crippen LogP contribution in [0.3, 0.4) is 0 Å². The minimum absolute atomic E-state index is 0.213. The Kier molecular flexibility index (Phi) is 7.36. The van der Waals surface area contributed by atoms with Crippen molar-refractivity contribution in [3.05, 3.63) is 72.5 Å². The first-order valence-electron chi connectivity index (χ1n) is 10.9. The number of amides is 1. The van der Waals surface area contributed by atoms with Crippen molar-refractivity contribution in [2.75, 3.05) is 32.9 Å². The SMILES string of the molecule is COc1ccc(-c2coc3cc(OC)c(/C(C)=C/C(=O)Nc4cccc(SC)c4)cc23)cc1OC. The van der Waals surface area contributed by atoms with Crippen LogP contribution in [0.2, 0.25) is 0 Å². The Morgan fingerprint density at radius 1 is 0.943 bits per heavy atom. The van der Waals surface area contributed by atoms with Crippen LogP contribution in [-0.2, 0) is 4.79 Å². The van der Waals surface area contributed by atoms with Crippen LogP contribution in [0.15, 0.2) is 76.2 Å². The Morgan fingerprint density at radius 3 is 2.43 bits per heavy atom. The van der Waals surface area contributed by atoms with Gasteiger partial charge in [-0.25, -0.2) is 0 Å². The average Bonchev–Trinajstić information content (AvgIpc) is 3.30. The second-order valence-electron chi connectivity index (χ2n) is 7.82. The van der Waals surface area contributed by atoms with Gasteiger partial charge in [0.25, 0.3) is 0 Å². The average molecular weight is 490 g/mol. The van der Waals surface area contributed by atoms with Crippen LogP contribution in [0.1, 0.15) is 12.5 Å². The van der Waals surface area contributed by atoms with Gasteiger partial charge in [0.05, 0.1) is 27.6 Å². The zero-order chi connectivity index (χ0) is 24.9. The van der Waals surface area contributed by atoms with Gasteiger partial charge in [0, 0.05) is 39.2 Å². The van der Waals surface area contributed by atoms with Gasteiger partial charge in [-0.05, 0) is 60.7 Å². The van der Waals surface area contributed by atoms with Crippen molar-refractivity contribution in [2.45, 2.75) is 11.8 Å². The van der Waals surface area contributed by atoms with Crippen LogP contribution in [-0.4, -0.2) is 33.5 Å². The summed E-state index contributed by atoms with van der Waals surface area (Å²) in [5, 5.41) is 3.83. The van der Waals surface area contributed by atoms with E-state index in [9.17, 15) is 4.79 Å². The van der Waals surface area contributed by atoms with Crippen molar-refractivity contribution in [1.29, 1.82) is 0 Å². The third-order valence-corrected chi connectivity index (χ3v) is 6.43. The first-order chi connectivity index (χ1) is 17.0. The van der Waals surface area contributed by atoms with E-state index >= 15 is 0 Å². The number of furan rings is 1. The second-order valence-corrected chi connectivity index (χ2v) is 8.70. The van der Waals surface area contributed by atoms with Gasteiger partial charge in [0.1, 0.15) is 11.3 Å². The lowest BCUT2D eigenvalue weighted by Gasteiger charge is -2.11. The zero-order valence-corrected chi connectivity index (χ0v) is 21.1. The van der Waals surface area contributed by atoms with Gasteiger partial charge in [0.2, 0.25) is 5.91 Å². The first-order valence-corrected chi connectivity index (χ1v) is 12.1. The lowest BCUT2D eigenvalue weighted by atomic mass is 9.99. The molecule has 4 aromatic rings. The van der Waals surface area contributed by atoms with Gasteiger partial charge in [-0.3, -0.25) is 4.79 Å². The number of allylic oxidation sites excluding steroid dienone is 1. The molecule has 0 atom stereocenters. The van der Waals surface area contributed by atoms with Crippen molar-refractivity contribution in [1.82, 2.24) is 0 Å². The number of benzene rings is 3. The summed E-state index contributed by atoms with van der Waals surface area (Å²) in [5.74, 6) is 1.69. The Labute approximate surface area is 208 Å². The van der Waals surface area contributed by atoms with E-state index < -0.39 is 0 Å². The highest BCUT2D eigenvalue weighted by molar-refractivity contribution is 7.98. The Bertz CT molecular complexity index is 1410. The zero-order valence-electron chi connectivity index (χ0n) is 20.3. The van der Waals surface area contributed by atoms with Crippen molar-refractivity contribution in [3.8, 4) is 28.4 Å². The van der Waals surface area contributed by atoms with Gasteiger partial charge in [0.15, 0.2) is 11.5 Å². The number of anilines is 1. The topological polar surface area (TPSA) is 69.9 Å². The Morgan fingerprint density at radius 2 is 1.71 bits per heavy atom. The molecule has 0 unspecified atom stereocenters. The molecule has 1 aromatic heterocycles. The molecule has 0 radical (unpaired) electrons. The Balaban J connectivity index is 1.71. The summed E-state index contributed by atoms with van der Waals surface area (Å²) in [6.45, 7) is 1.89. The monoisotopic (exact) mass is 489 g/mol. The number of fused-ring (bicyclic) bond motifs is 1. The van der Waals surface area contributed by atoms with E-state index in [0.717, 1.165) is 38.2 Å². The molecule has 1 heterocycles. The lowest BCUT2D eigenvalue weighted by molar-refractivity contribution is -0.111. The molecule has 1 N–H and O–H groups in total. The van der Waals surface area contributed by atoms with E-state index in [0.29, 0.717) is 22.8 Å². The van der Waals surface area contributed by atoms with Gasteiger partial charge in [-0.2, -0.15) is 0 Å². The number of hydrogen-bond acceptors (Lipinski definition) is 6. The predicted octanol–water partition coefficient (Wildman–Crippen LogP) is 6.89. The Hall–Kier alpha value is -3.84. The number of hydrogen-bond donors (Lipinski definition) is 1. The lowest BCUT2D eigenvalue weighted by Crippen LogP contribution is -2.08. The summed E-state index contributed by atoms with van der Waals surface area (Å²) in [6.07, 6.45) is 5.28. The molecule has 0 spiro atoms. The maximum Gasteiger partial charge on any atom is 0.248 e. The molecular weight excluding hydrogens is 462 g/mol. The summed E-state index contributed by atoms with van der Waals surface area (Å²) in [5.41, 5.74) is 4.82. The minimum atomic E-state index is -0.213. The van der Waals surface area contributed by atoms with E-state index in [2.05, 4.69) is 5.32 Å². The maximum absolute atomic E-state index is 12.7. The van der Waals surface area contributed by atoms with Gasteiger partial charge in [-0.15, -0.1) is 11.8 Å². The smallest absolute Gasteiger partial charge is 0.248 e. The van der Waals surface area contributed by atoms with Crippen LogP contribution in [0, 0.1) is 0 Å². The molecule has 7 heteroatoms. The summed E-state index contributed by atoms with van der Waals surface area (Å²) in [6, 6.07) is 17.3. The third kappa shape index (κ3) is 5.15. The van der Waals surface area contributed by atoms with Crippen molar-refractivity contribution < 1.29 is 23.4 Å². The number of thioether (sulfide) groups is 1. The van der Waals surface area contributed by atoms with E-state index in [1.54, 1.807) is 45.4 Å². The van der Waals surface area contributed by atoms with Crippen LogP contribution >= 0.6 is 11.8 Å². The third-order valence-electron chi connectivity index (χ3n) is 5.70. The summed E-state index contributed by atoms with van der Waals surface area (Å²) >= 11 is 1.62. The van der Waals surface area contributed by atoms with E-state index in [1.165, 1.54) is 0 Å². The molecule has 0 aliphatic rings. The van der Waals surface area contributed by atoms with Gasteiger partial charge < -0.3 is 23.9 Å². The minimum Gasteiger partial charge on any atom is -0.496 e. The summed E-state index contributed by atoms with van der Waals surface area (Å²) in [4.78, 5) is 13.8. The van der Waals surface area contributed by atoms with Crippen LogP contribution in [0.4, 0.5) is 5.69 Å². The van der Waals surface area contributed by atoms with Crippen molar-refractivity contribution >= 4 is 39.9 Å². The van der Waals surface area contributed by atoms with Gasteiger partial charge in [-0.1, -0.05) is 12.1 Å². The molecule has 180 valence electrons. The van der Waals surface area contributed by atoms with Crippen LogP contribution < -0.4 is 19.5 Å². The number of ether oxygens (including phenoxy) is 3. The largest absolute Gasteiger partial charge is 0.496 e. The fraction of sp³-hybridized carbons (Fsp3) is 0.179. The highest BCUT2D eigenvalue weighted by Crippen LogP contribution is 2.39. The summed E-state index contributed by atoms with van der Waals surface area (Å²) < 4.78 is 22.3. The molecule has 0 aliphatic carbocycles.